The molecular formula is C48H90O12S. The van der Waals surface area contributed by atoms with Crippen molar-refractivity contribution >= 4 is 16.4 Å². The molecule has 61 heavy (non-hydrogen) atoms. The van der Waals surface area contributed by atoms with Gasteiger partial charge in [-0.3, -0.25) is 9.35 Å². The Bertz CT molecular complexity index is 1170. The Morgan fingerprint density at radius 1 is 0.607 bits per heavy atom. The number of ether oxygens (including phenoxy) is 4. The zero-order chi connectivity index (χ0) is 44.7. The summed E-state index contributed by atoms with van der Waals surface area (Å²) in [5.41, 5.74) is 0. The Labute approximate surface area is 371 Å². The van der Waals surface area contributed by atoms with Gasteiger partial charge in [0, 0.05) is 13.0 Å². The first-order valence-electron chi connectivity index (χ1n) is 24.6. The predicted molar refractivity (Wildman–Crippen MR) is 244 cm³/mol. The van der Waals surface area contributed by atoms with Crippen molar-refractivity contribution in [3.8, 4) is 0 Å². The van der Waals surface area contributed by atoms with Crippen LogP contribution in [0.4, 0.5) is 0 Å². The Morgan fingerprint density at radius 2 is 1.03 bits per heavy atom. The molecule has 0 spiro atoms. The molecule has 12 nitrogen and oxygen atoms in total. The summed E-state index contributed by atoms with van der Waals surface area (Å²) in [5.74, 6) is -0.406. The summed E-state index contributed by atoms with van der Waals surface area (Å²) >= 11 is 0. The van der Waals surface area contributed by atoms with E-state index in [1.54, 1.807) is 0 Å². The fraction of sp³-hybridized carbons (Fsp3) is 0.896. The summed E-state index contributed by atoms with van der Waals surface area (Å²) in [6, 6.07) is 0. The maximum atomic E-state index is 12.9. The van der Waals surface area contributed by atoms with Crippen molar-refractivity contribution in [3.63, 3.8) is 0 Å². The summed E-state index contributed by atoms with van der Waals surface area (Å²) in [7, 11) is -5.06. The van der Waals surface area contributed by atoms with Crippen LogP contribution in [0, 0.1) is 0 Å². The number of carbonyl (C=O) groups is 1. The molecule has 6 atom stereocenters. The van der Waals surface area contributed by atoms with Crippen molar-refractivity contribution in [2.45, 2.75) is 250 Å². The van der Waals surface area contributed by atoms with E-state index in [0.29, 0.717) is 13.0 Å². The lowest BCUT2D eigenvalue weighted by Gasteiger charge is -2.41. The van der Waals surface area contributed by atoms with Crippen LogP contribution in [-0.4, -0.2) is 97.5 Å². The van der Waals surface area contributed by atoms with Gasteiger partial charge < -0.3 is 34.3 Å². The van der Waals surface area contributed by atoms with Crippen LogP contribution >= 0.6 is 0 Å². The van der Waals surface area contributed by atoms with Crippen LogP contribution in [0.2, 0.25) is 0 Å². The van der Waals surface area contributed by atoms with Gasteiger partial charge in [0.15, 0.2) is 6.29 Å². The fourth-order valence-corrected chi connectivity index (χ4v) is 8.05. The van der Waals surface area contributed by atoms with E-state index in [9.17, 15) is 33.1 Å². The minimum absolute atomic E-state index is 0.0345. The number of unbranched alkanes of at least 4 members (excludes halogenated alkanes) is 26. The summed E-state index contributed by atoms with van der Waals surface area (Å²) in [4.78, 5) is 12.9. The highest BCUT2D eigenvalue weighted by Crippen LogP contribution is 2.26. The molecule has 13 heteroatoms. The predicted octanol–water partition coefficient (Wildman–Crippen LogP) is 10.8. The van der Waals surface area contributed by atoms with Crippen LogP contribution < -0.4 is 0 Å². The van der Waals surface area contributed by atoms with Crippen LogP contribution in [0.15, 0.2) is 24.3 Å². The molecule has 1 fully saturated rings. The van der Waals surface area contributed by atoms with Gasteiger partial charge in [-0.1, -0.05) is 167 Å². The van der Waals surface area contributed by atoms with Crippen LogP contribution in [0.3, 0.4) is 0 Å². The van der Waals surface area contributed by atoms with Crippen molar-refractivity contribution in [1.82, 2.24) is 0 Å². The molecule has 1 aliphatic heterocycles. The Hall–Kier alpha value is -1.42. The minimum atomic E-state index is -5.06. The first-order valence-corrected chi connectivity index (χ1v) is 26.0. The summed E-state index contributed by atoms with van der Waals surface area (Å²) in [6.45, 7) is 3.98. The molecule has 0 amide bonds. The number of carbonyl (C=O) groups excluding carboxylic acids is 1. The van der Waals surface area contributed by atoms with Gasteiger partial charge in [-0.25, -0.2) is 4.18 Å². The van der Waals surface area contributed by atoms with Crippen LogP contribution in [0.25, 0.3) is 0 Å². The SMILES string of the molecule is CCCCCCC/C=C\CCCCCCCC(=O)OC(COCCCCCCCCCCCC/C=C\CCCCCCCC)COC1OC(CO)C(O)C(OS(=O)(=O)O)C1O. The molecule has 0 saturated carbocycles. The summed E-state index contributed by atoms with van der Waals surface area (Å²) in [6.07, 6.45) is 36.4. The molecule has 1 heterocycles. The molecule has 4 N–H and O–H groups in total. The third-order valence-corrected chi connectivity index (χ3v) is 11.8. The van der Waals surface area contributed by atoms with Crippen molar-refractivity contribution in [1.29, 1.82) is 0 Å². The third kappa shape index (κ3) is 33.7. The van der Waals surface area contributed by atoms with Gasteiger partial charge in [0.2, 0.25) is 0 Å². The molecule has 1 aliphatic rings. The zero-order valence-corrected chi connectivity index (χ0v) is 39.3. The molecule has 0 bridgehead atoms. The van der Waals surface area contributed by atoms with E-state index in [1.165, 1.54) is 128 Å². The third-order valence-electron chi connectivity index (χ3n) is 11.3. The quantitative estimate of drug-likeness (QED) is 0.0197. The van der Waals surface area contributed by atoms with E-state index < -0.39 is 59.8 Å². The molecule has 1 saturated heterocycles. The highest BCUT2D eigenvalue weighted by Gasteiger charge is 2.48. The maximum Gasteiger partial charge on any atom is 0.397 e. The van der Waals surface area contributed by atoms with E-state index in [1.807, 2.05) is 0 Å². The molecule has 0 aromatic rings. The normalized spacial score (nSPS) is 20.3. The topological polar surface area (TPSA) is 178 Å². The lowest BCUT2D eigenvalue weighted by atomic mass is 9.99. The molecule has 0 aromatic carbocycles. The van der Waals surface area contributed by atoms with Gasteiger partial charge in [0.05, 0.1) is 19.8 Å². The first-order chi connectivity index (χ1) is 29.6. The van der Waals surface area contributed by atoms with Crippen molar-refractivity contribution in [3.05, 3.63) is 24.3 Å². The molecule has 0 aliphatic carbocycles. The molecule has 360 valence electrons. The highest BCUT2D eigenvalue weighted by atomic mass is 32.3. The van der Waals surface area contributed by atoms with E-state index in [4.69, 9.17) is 18.9 Å². The van der Waals surface area contributed by atoms with Crippen molar-refractivity contribution in [2.24, 2.45) is 0 Å². The molecule has 0 radical (unpaired) electrons. The zero-order valence-electron chi connectivity index (χ0n) is 38.5. The molecular weight excluding hydrogens is 801 g/mol. The number of aliphatic hydroxyl groups excluding tert-OH is 3. The molecule has 0 aromatic heterocycles. The Morgan fingerprint density at radius 3 is 1.48 bits per heavy atom. The maximum absolute atomic E-state index is 12.9. The number of hydrogen-bond donors (Lipinski definition) is 4. The van der Waals surface area contributed by atoms with Gasteiger partial charge in [0.1, 0.15) is 30.5 Å². The highest BCUT2D eigenvalue weighted by molar-refractivity contribution is 7.80. The number of hydrogen-bond acceptors (Lipinski definition) is 11. The largest absolute Gasteiger partial charge is 0.457 e. The van der Waals surface area contributed by atoms with E-state index in [2.05, 4.69) is 42.3 Å². The Balaban J connectivity index is 2.37. The van der Waals surface area contributed by atoms with E-state index in [0.717, 1.165) is 57.8 Å². The van der Waals surface area contributed by atoms with Crippen molar-refractivity contribution in [2.75, 3.05) is 26.4 Å². The Kier molecular flexibility index (Phi) is 37.9. The van der Waals surface area contributed by atoms with Gasteiger partial charge in [-0.15, -0.1) is 0 Å². The van der Waals surface area contributed by atoms with Gasteiger partial charge in [0.25, 0.3) is 0 Å². The molecule has 1 rings (SSSR count). The van der Waals surface area contributed by atoms with Crippen molar-refractivity contribution < 1.29 is 56.2 Å². The van der Waals surface area contributed by atoms with Gasteiger partial charge in [-0.05, 0) is 64.2 Å². The number of aliphatic hydroxyl groups is 3. The van der Waals surface area contributed by atoms with Gasteiger partial charge >= 0.3 is 16.4 Å². The summed E-state index contributed by atoms with van der Waals surface area (Å²) < 4.78 is 59.1. The van der Waals surface area contributed by atoms with E-state index >= 15 is 0 Å². The lowest BCUT2D eigenvalue weighted by Crippen LogP contribution is -2.60. The van der Waals surface area contributed by atoms with E-state index in [-0.39, 0.29) is 19.6 Å². The second kappa shape index (κ2) is 40.1. The lowest BCUT2D eigenvalue weighted by molar-refractivity contribution is -0.301. The van der Waals surface area contributed by atoms with Crippen LogP contribution in [0.1, 0.15) is 213 Å². The fourth-order valence-electron chi connectivity index (χ4n) is 7.54. The van der Waals surface area contributed by atoms with Crippen LogP contribution in [-0.2, 0) is 38.3 Å². The average molecular weight is 891 g/mol. The first kappa shape index (κ1) is 57.6. The molecule has 6 unspecified atom stereocenters. The average Bonchev–Trinajstić information content (AvgIpc) is 3.23. The smallest absolute Gasteiger partial charge is 0.397 e. The number of esters is 1. The standard InChI is InChI=1S/C48H90O12S/c1-3-5-7-9-11-13-15-17-19-20-21-22-23-24-26-28-30-32-34-36-38-56-40-42(41-57-48-46(52)47(60-61(53,54)55)45(51)43(39-49)59-48)58-44(50)37-35-33-31-29-27-25-18-16-14-12-10-8-6-4-2/h16-19,42-43,45-49,51-52H,3-15,20-41H2,1-2H3,(H,53,54,55)/b18-16-,19-17-. The minimum Gasteiger partial charge on any atom is -0.457 e. The van der Waals surface area contributed by atoms with Gasteiger partial charge in [-0.2, -0.15) is 8.42 Å². The second-order valence-electron chi connectivity index (χ2n) is 17.0. The number of rotatable bonds is 43. The second-order valence-corrected chi connectivity index (χ2v) is 18.1. The number of allylic oxidation sites excluding steroid dienone is 4. The monoisotopic (exact) mass is 891 g/mol. The van der Waals surface area contributed by atoms with Crippen LogP contribution in [0.5, 0.6) is 0 Å². The summed E-state index contributed by atoms with van der Waals surface area (Å²) in [5, 5.41) is 30.7.